The van der Waals surface area contributed by atoms with Gasteiger partial charge in [-0.05, 0) is 12.1 Å². The molecule has 0 amide bonds. The highest BCUT2D eigenvalue weighted by molar-refractivity contribution is 5.90. The van der Waals surface area contributed by atoms with Gasteiger partial charge in [-0.2, -0.15) is 0 Å². The van der Waals surface area contributed by atoms with E-state index in [1.807, 2.05) is 0 Å². The molecule has 0 radical (unpaired) electrons. The van der Waals surface area contributed by atoms with Crippen LogP contribution in [0.2, 0.25) is 0 Å². The molecule has 6 heteroatoms. The van der Waals surface area contributed by atoms with Crippen LogP contribution in [0.3, 0.4) is 0 Å². The second-order valence-electron chi connectivity index (χ2n) is 3.76. The van der Waals surface area contributed by atoms with E-state index in [0.717, 1.165) is 0 Å². The first-order chi connectivity index (χ1) is 9.18. The monoisotopic (exact) mass is 260 g/mol. The second kappa shape index (κ2) is 5.81. The van der Waals surface area contributed by atoms with Crippen LogP contribution in [0.5, 0.6) is 5.75 Å². The molecule has 0 spiro atoms. The molecule has 0 aliphatic rings. The van der Waals surface area contributed by atoms with Crippen molar-refractivity contribution < 1.29 is 14.6 Å². The van der Waals surface area contributed by atoms with Crippen LogP contribution in [0.15, 0.2) is 47.7 Å². The van der Waals surface area contributed by atoms with Crippen molar-refractivity contribution in [2.45, 2.75) is 6.54 Å². The molecular weight excluding hydrogens is 248 g/mol. The van der Waals surface area contributed by atoms with Crippen molar-refractivity contribution in [3.63, 3.8) is 0 Å². The van der Waals surface area contributed by atoms with Crippen LogP contribution in [0.4, 0.5) is 0 Å². The van der Waals surface area contributed by atoms with E-state index in [2.05, 4.69) is 4.98 Å². The fourth-order valence-corrected chi connectivity index (χ4v) is 1.57. The van der Waals surface area contributed by atoms with Gasteiger partial charge in [0.05, 0.1) is 12.7 Å². The number of hydrogen-bond donors (Lipinski definition) is 1. The maximum Gasteiger partial charge on any atom is 0.339 e. The molecule has 6 nitrogen and oxygen atoms in total. The average Bonchev–Trinajstić information content (AvgIpc) is 2.41. The molecule has 0 aliphatic heterocycles. The number of carboxylic acid groups (broad SMARTS) is 1. The zero-order valence-electron chi connectivity index (χ0n) is 10.0. The van der Waals surface area contributed by atoms with E-state index < -0.39 is 5.97 Å². The topological polar surface area (TPSA) is 81.4 Å². The Hall–Kier alpha value is -2.63. The first-order valence-electron chi connectivity index (χ1n) is 5.64. The van der Waals surface area contributed by atoms with E-state index in [-0.39, 0.29) is 23.5 Å². The third kappa shape index (κ3) is 3.19. The Bertz CT molecular complexity index is 636. The van der Waals surface area contributed by atoms with Gasteiger partial charge in [0.2, 0.25) is 0 Å². The Kier molecular flexibility index (Phi) is 3.92. The molecule has 0 saturated carbocycles. The molecule has 2 aromatic rings. The van der Waals surface area contributed by atoms with Crippen LogP contribution in [0.25, 0.3) is 0 Å². The van der Waals surface area contributed by atoms with Crippen molar-refractivity contribution in [3.05, 3.63) is 58.8 Å². The third-order valence-corrected chi connectivity index (χ3v) is 2.50. The van der Waals surface area contributed by atoms with Crippen molar-refractivity contribution in [2.24, 2.45) is 0 Å². The van der Waals surface area contributed by atoms with Crippen molar-refractivity contribution in [2.75, 3.05) is 6.61 Å². The summed E-state index contributed by atoms with van der Waals surface area (Å²) in [7, 11) is 0. The summed E-state index contributed by atoms with van der Waals surface area (Å²) in [4.78, 5) is 26.2. The van der Waals surface area contributed by atoms with Gasteiger partial charge < -0.3 is 14.4 Å². The largest absolute Gasteiger partial charge is 0.489 e. The molecule has 2 rings (SSSR count). The van der Waals surface area contributed by atoms with Gasteiger partial charge in [0.1, 0.15) is 12.2 Å². The molecule has 98 valence electrons. The quantitative estimate of drug-likeness (QED) is 0.868. The summed E-state index contributed by atoms with van der Waals surface area (Å²) in [5.41, 5.74) is -0.0776. The number of ether oxygens (including phenoxy) is 1. The number of pyridine rings is 2. The Labute approximate surface area is 108 Å². The summed E-state index contributed by atoms with van der Waals surface area (Å²) in [5.74, 6) is -0.881. The van der Waals surface area contributed by atoms with Gasteiger partial charge >= 0.3 is 5.97 Å². The summed E-state index contributed by atoms with van der Waals surface area (Å²) >= 11 is 0. The molecule has 2 aromatic heterocycles. The molecule has 0 bridgehead atoms. The van der Waals surface area contributed by atoms with Crippen molar-refractivity contribution in [1.29, 1.82) is 0 Å². The maximum atomic E-state index is 11.4. The zero-order chi connectivity index (χ0) is 13.7. The summed E-state index contributed by atoms with van der Waals surface area (Å²) in [6.07, 6.45) is 4.38. The highest BCUT2D eigenvalue weighted by Gasteiger charge is 2.10. The fraction of sp³-hybridized carbons (Fsp3) is 0.154. The van der Waals surface area contributed by atoms with Crippen molar-refractivity contribution in [1.82, 2.24) is 9.55 Å². The van der Waals surface area contributed by atoms with Gasteiger partial charge in [-0.25, -0.2) is 4.79 Å². The fourth-order valence-electron chi connectivity index (χ4n) is 1.57. The van der Waals surface area contributed by atoms with E-state index in [9.17, 15) is 9.59 Å². The highest BCUT2D eigenvalue weighted by atomic mass is 16.5. The van der Waals surface area contributed by atoms with E-state index in [1.165, 1.54) is 29.1 Å². The summed E-state index contributed by atoms with van der Waals surface area (Å²) in [6, 6.07) is 6.22. The molecule has 0 atom stereocenters. The minimum atomic E-state index is -1.07. The molecule has 2 heterocycles. The smallest absolute Gasteiger partial charge is 0.339 e. The number of hydrogen-bond acceptors (Lipinski definition) is 4. The number of rotatable bonds is 5. The Balaban J connectivity index is 2.02. The highest BCUT2D eigenvalue weighted by Crippen LogP contribution is 2.15. The molecule has 19 heavy (non-hydrogen) atoms. The van der Waals surface area contributed by atoms with Crippen LogP contribution in [0.1, 0.15) is 10.4 Å². The first-order valence-corrected chi connectivity index (χ1v) is 5.64. The molecule has 0 saturated heterocycles. The van der Waals surface area contributed by atoms with Crippen LogP contribution in [-0.2, 0) is 6.54 Å². The van der Waals surface area contributed by atoms with E-state index in [4.69, 9.17) is 9.84 Å². The Morgan fingerprint density at radius 1 is 1.37 bits per heavy atom. The van der Waals surface area contributed by atoms with Gasteiger partial charge in [0.25, 0.3) is 5.56 Å². The Morgan fingerprint density at radius 2 is 2.21 bits per heavy atom. The lowest BCUT2D eigenvalue weighted by Gasteiger charge is -2.09. The lowest BCUT2D eigenvalue weighted by Crippen LogP contribution is -2.21. The average molecular weight is 260 g/mol. The molecule has 0 aliphatic carbocycles. The Morgan fingerprint density at radius 3 is 2.95 bits per heavy atom. The van der Waals surface area contributed by atoms with E-state index in [0.29, 0.717) is 6.54 Å². The van der Waals surface area contributed by atoms with Crippen LogP contribution in [0, 0.1) is 0 Å². The van der Waals surface area contributed by atoms with E-state index >= 15 is 0 Å². The molecule has 0 unspecified atom stereocenters. The van der Waals surface area contributed by atoms with Gasteiger partial charge in [0.15, 0.2) is 5.75 Å². The zero-order valence-corrected chi connectivity index (χ0v) is 10.0. The molecule has 0 aromatic carbocycles. The van der Waals surface area contributed by atoms with Crippen LogP contribution in [-0.4, -0.2) is 27.2 Å². The van der Waals surface area contributed by atoms with Crippen molar-refractivity contribution >= 4 is 5.97 Å². The molecule has 1 N–H and O–H groups in total. The predicted octanol–water partition coefficient (Wildman–Crippen LogP) is 1.02. The number of aromatic carboxylic acids is 1. The normalized spacial score (nSPS) is 10.1. The minimum Gasteiger partial charge on any atom is -0.489 e. The van der Waals surface area contributed by atoms with Gasteiger partial charge in [-0.1, -0.05) is 6.07 Å². The van der Waals surface area contributed by atoms with Gasteiger partial charge in [0, 0.05) is 18.5 Å². The number of aromatic nitrogens is 2. The summed E-state index contributed by atoms with van der Waals surface area (Å²) < 4.78 is 6.84. The maximum absolute atomic E-state index is 11.4. The standard InChI is InChI=1S/C13H12N2O4/c16-12-3-1-2-6-15(12)7-8-19-11-9-14-5-4-10(11)13(17)18/h1-6,9H,7-8H2,(H,17,18). The summed E-state index contributed by atoms with van der Waals surface area (Å²) in [5, 5.41) is 8.96. The SMILES string of the molecule is O=C(O)c1ccncc1OCCn1ccccc1=O. The minimum absolute atomic E-state index is 0.0513. The predicted molar refractivity (Wildman–Crippen MR) is 67.4 cm³/mol. The van der Waals surface area contributed by atoms with Gasteiger partial charge in [-0.3, -0.25) is 9.78 Å². The second-order valence-corrected chi connectivity index (χ2v) is 3.76. The van der Waals surface area contributed by atoms with Crippen LogP contribution >= 0.6 is 0 Å². The number of carboxylic acids is 1. The molecular formula is C13H12N2O4. The summed E-state index contributed by atoms with van der Waals surface area (Å²) in [6.45, 7) is 0.531. The third-order valence-electron chi connectivity index (χ3n) is 2.50. The van der Waals surface area contributed by atoms with Crippen molar-refractivity contribution in [3.8, 4) is 5.75 Å². The van der Waals surface area contributed by atoms with Gasteiger partial charge in [-0.15, -0.1) is 0 Å². The number of nitrogens with zero attached hydrogens (tertiary/aromatic N) is 2. The lowest BCUT2D eigenvalue weighted by molar-refractivity contribution is 0.0692. The number of carbonyl (C=O) groups is 1. The molecule has 0 fully saturated rings. The first kappa shape index (κ1) is 12.8. The van der Waals surface area contributed by atoms with E-state index in [1.54, 1.807) is 18.3 Å². The lowest BCUT2D eigenvalue weighted by atomic mass is 10.2. The van der Waals surface area contributed by atoms with Crippen LogP contribution < -0.4 is 10.3 Å².